The summed E-state index contributed by atoms with van der Waals surface area (Å²) in [5, 5.41) is 45.9. The van der Waals surface area contributed by atoms with E-state index in [-0.39, 0.29) is 10.8 Å². The monoisotopic (exact) mass is 797 g/mol. The van der Waals surface area contributed by atoms with Crippen LogP contribution in [-0.4, -0.2) is 80.7 Å². The molecule has 0 amide bonds. The Morgan fingerprint density at radius 1 is 0.534 bits per heavy atom. The van der Waals surface area contributed by atoms with Crippen LogP contribution in [0.3, 0.4) is 0 Å². The molecule has 16 nitrogen and oxygen atoms in total. The summed E-state index contributed by atoms with van der Waals surface area (Å²) in [7, 11) is 0. The number of aliphatic hydroxyl groups excluding tert-OH is 1. The van der Waals surface area contributed by atoms with E-state index >= 15 is 0 Å². The van der Waals surface area contributed by atoms with Crippen LogP contribution in [0, 0.1) is 18.6 Å². The summed E-state index contributed by atoms with van der Waals surface area (Å²) in [4.78, 5) is 16.4. The first kappa shape index (κ1) is 38.7. The van der Waals surface area contributed by atoms with Gasteiger partial charge in [-0.3, -0.25) is 15.0 Å². The first-order valence-corrected chi connectivity index (χ1v) is 17.7. The first-order chi connectivity index (χ1) is 28.2. The fraction of sp³-hybridized carbons (Fsp3) is 0.0769. The highest BCUT2D eigenvalue weighted by atomic mass is 35.5. The molecule has 1 N–H and O–H groups in total. The van der Waals surface area contributed by atoms with Gasteiger partial charge in [0, 0.05) is 24.7 Å². The lowest BCUT2D eigenvalue weighted by Gasteiger charge is -2.05. The zero-order valence-corrected chi connectivity index (χ0v) is 31.3. The summed E-state index contributed by atoms with van der Waals surface area (Å²) < 4.78 is 26.6. The number of rotatable bonds is 7. The maximum absolute atomic E-state index is 13.5. The van der Waals surface area contributed by atoms with Crippen molar-refractivity contribution in [1.29, 1.82) is 0 Å². The third-order valence-corrected chi connectivity index (χ3v) is 8.32. The molecule has 6 heterocycles. The third kappa shape index (κ3) is 9.44. The van der Waals surface area contributed by atoms with E-state index in [2.05, 4.69) is 61.2 Å². The van der Waals surface area contributed by atoms with Gasteiger partial charge >= 0.3 is 0 Å². The fourth-order valence-corrected chi connectivity index (χ4v) is 5.16. The van der Waals surface area contributed by atoms with E-state index < -0.39 is 11.9 Å². The smallest absolute Gasteiger partial charge is 0.223 e. The number of hydrogen-bond acceptors (Lipinski definition) is 13. The number of aromatic nitrogens is 15. The maximum atomic E-state index is 13.5. The lowest BCUT2D eigenvalue weighted by molar-refractivity contribution is 0.199. The van der Waals surface area contributed by atoms with Gasteiger partial charge in [0.25, 0.3) is 0 Å². The van der Waals surface area contributed by atoms with Crippen LogP contribution in [0.25, 0.3) is 51.6 Å². The van der Waals surface area contributed by atoms with Crippen molar-refractivity contribution in [1.82, 2.24) is 75.6 Å². The normalized spacial score (nSPS) is 11.2. The lowest BCUT2D eigenvalue weighted by atomic mass is 10.1. The molecule has 0 radical (unpaired) electrons. The van der Waals surface area contributed by atoms with E-state index in [1.54, 1.807) is 62.8 Å². The van der Waals surface area contributed by atoms with E-state index in [0.29, 0.717) is 51.5 Å². The van der Waals surface area contributed by atoms with Crippen LogP contribution in [0.15, 0.2) is 134 Å². The number of aliphatic hydroxyl groups is 1. The number of hydrogen-bond donors (Lipinski definition) is 1. The number of aryl methyl sites for hydroxylation is 1. The summed E-state index contributed by atoms with van der Waals surface area (Å²) >= 11 is 5.71. The van der Waals surface area contributed by atoms with Crippen molar-refractivity contribution in [2.45, 2.75) is 20.0 Å². The van der Waals surface area contributed by atoms with Crippen LogP contribution in [-0.2, 0) is 0 Å². The minimum absolute atomic E-state index is 0.00851. The maximum Gasteiger partial charge on any atom is 0.223 e. The molecule has 0 aliphatic carbocycles. The van der Waals surface area contributed by atoms with E-state index in [0.717, 1.165) is 11.3 Å². The molecule has 1 unspecified atom stereocenters. The molecular formula is C39H30ClF2N15O. The van der Waals surface area contributed by atoms with Gasteiger partial charge in [-0.2, -0.15) is 0 Å². The van der Waals surface area contributed by atoms with Crippen LogP contribution in [0.2, 0.25) is 5.02 Å². The Labute approximate surface area is 333 Å². The Morgan fingerprint density at radius 3 is 1.43 bits per heavy atom. The minimum atomic E-state index is -0.534. The molecule has 58 heavy (non-hydrogen) atoms. The molecule has 0 saturated heterocycles. The average Bonchev–Trinajstić information content (AvgIpc) is 4.07. The van der Waals surface area contributed by atoms with Crippen molar-refractivity contribution in [3.8, 4) is 51.6 Å². The predicted octanol–water partition coefficient (Wildman–Crippen LogP) is 6.47. The van der Waals surface area contributed by atoms with Gasteiger partial charge in [0.2, 0.25) is 17.5 Å². The molecule has 6 aromatic heterocycles. The number of halogens is 3. The minimum Gasteiger partial charge on any atom is -0.389 e. The van der Waals surface area contributed by atoms with Gasteiger partial charge in [0.1, 0.15) is 28.7 Å². The highest BCUT2D eigenvalue weighted by Crippen LogP contribution is 2.20. The van der Waals surface area contributed by atoms with Crippen LogP contribution in [0.1, 0.15) is 24.2 Å². The van der Waals surface area contributed by atoms with Gasteiger partial charge < -0.3 is 5.11 Å². The number of nitrogens with zero attached hydrogens (tertiary/aromatic N) is 15. The summed E-state index contributed by atoms with van der Waals surface area (Å²) in [5.74, 6) is 0.473. The molecule has 19 heteroatoms. The summed E-state index contributed by atoms with van der Waals surface area (Å²) in [6, 6.07) is 32.8. The second-order valence-corrected chi connectivity index (χ2v) is 12.6. The molecule has 0 bridgehead atoms. The molecule has 1 atom stereocenters. The molecule has 0 saturated carbocycles. The molecular weight excluding hydrogens is 768 g/mol. The number of pyridine rings is 3. The Kier molecular flexibility index (Phi) is 12.0. The Bertz CT molecular complexity index is 2600. The van der Waals surface area contributed by atoms with Crippen molar-refractivity contribution >= 4 is 11.6 Å². The van der Waals surface area contributed by atoms with E-state index in [1.807, 2.05) is 60.7 Å². The average molecular weight is 798 g/mol. The second-order valence-electron chi connectivity index (χ2n) is 12.2. The summed E-state index contributed by atoms with van der Waals surface area (Å²) in [6.45, 7) is 3.42. The third-order valence-electron chi connectivity index (χ3n) is 8.03. The van der Waals surface area contributed by atoms with Gasteiger partial charge in [0.05, 0.1) is 28.2 Å². The lowest BCUT2D eigenvalue weighted by Crippen LogP contribution is -2.01. The standard InChI is InChI=1S/C14H13N5O.C13H10FN5.C12H7ClFN5/c1-10(20)11-5-4-6-12(9-11)19-17-14(16-18-19)13-7-2-3-8-15-13;1-9-5-6-10(8-11(9)14)19-17-13(16-18-19)12-4-2-3-7-15-12;13-9-7-8(4-5-10(9)14)19-17-12(16-18-19)11-3-1-2-6-15-11/h2-10,20H,1H3;2-8H,1H3;1-7H. The van der Waals surface area contributed by atoms with Crippen molar-refractivity contribution in [2.75, 3.05) is 0 Å². The summed E-state index contributed by atoms with van der Waals surface area (Å²) in [6.07, 6.45) is 4.45. The molecule has 3 aromatic carbocycles. The van der Waals surface area contributed by atoms with E-state index in [9.17, 15) is 13.9 Å². The molecule has 0 fully saturated rings. The second kappa shape index (κ2) is 17.9. The number of tetrazole rings is 3. The summed E-state index contributed by atoms with van der Waals surface area (Å²) in [5.41, 5.74) is 5.10. The van der Waals surface area contributed by atoms with Crippen molar-refractivity contribution in [2.24, 2.45) is 0 Å². The van der Waals surface area contributed by atoms with Crippen LogP contribution >= 0.6 is 11.6 Å². The van der Waals surface area contributed by atoms with Gasteiger partial charge in [-0.05, 0) is 113 Å². The molecule has 0 aliphatic heterocycles. The van der Waals surface area contributed by atoms with Gasteiger partial charge in [-0.25, -0.2) is 8.78 Å². The van der Waals surface area contributed by atoms with Crippen molar-refractivity contribution < 1.29 is 13.9 Å². The van der Waals surface area contributed by atoms with Crippen LogP contribution in [0.5, 0.6) is 0 Å². The molecule has 0 aliphatic rings. The molecule has 0 spiro atoms. The quantitative estimate of drug-likeness (QED) is 0.185. The Hall–Kier alpha value is -7.57. The SMILES string of the molecule is CC(O)c1cccc(-n2nnc(-c3ccccn3)n2)c1.Cc1ccc(-n2nnc(-c3ccccn3)n2)cc1F.Fc1ccc(-n2nnc(-c3ccccn3)n2)cc1Cl. The van der Waals surface area contributed by atoms with E-state index in [4.69, 9.17) is 11.6 Å². The first-order valence-electron chi connectivity index (χ1n) is 17.4. The van der Waals surface area contributed by atoms with Gasteiger partial charge in [-0.1, -0.05) is 48.0 Å². The Balaban J connectivity index is 0.000000132. The largest absolute Gasteiger partial charge is 0.389 e. The van der Waals surface area contributed by atoms with Gasteiger partial charge in [-0.15, -0.1) is 45.0 Å². The Morgan fingerprint density at radius 2 is 1.00 bits per heavy atom. The molecule has 9 aromatic rings. The van der Waals surface area contributed by atoms with Gasteiger partial charge in [0.15, 0.2) is 0 Å². The van der Waals surface area contributed by atoms with Crippen LogP contribution in [0.4, 0.5) is 8.78 Å². The zero-order chi connectivity index (χ0) is 40.4. The van der Waals surface area contributed by atoms with Crippen LogP contribution < -0.4 is 0 Å². The highest BCUT2D eigenvalue weighted by molar-refractivity contribution is 6.30. The van der Waals surface area contributed by atoms with E-state index in [1.165, 1.54) is 38.7 Å². The van der Waals surface area contributed by atoms with Crippen molar-refractivity contribution in [3.05, 3.63) is 162 Å². The number of benzene rings is 3. The zero-order valence-electron chi connectivity index (χ0n) is 30.6. The predicted molar refractivity (Wildman–Crippen MR) is 207 cm³/mol. The molecule has 288 valence electrons. The molecule has 9 rings (SSSR count). The van der Waals surface area contributed by atoms with Crippen molar-refractivity contribution in [3.63, 3.8) is 0 Å². The fourth-order valence-electron chi connectivity index (χ4n) is 4.99. The highest BCUT2D eigenvalue weighted by Gasteiger charge is 2.12. The topological polar surface area (TPSA) is 190 Å².